The summed E-state index contributed by atoms with van der Waals surface area (Å²) in [6.07, 6.45) is 2.21. The van der Waals surface area contributed by atoms with Crippen molar-refractivity contribution in [2.24, 2.45) is 0 Å². The summed E-state index contributed by atoms with van der Waals surface area (Å²) in [7, 11) is 1.38. The zero-order chi connectivity index (χ0) is 14.3. The van der Waals surface area contributed by atoms with Crippen LogP contribution in [0.5, 0.6) is 0 Å². The van der Waals surface area contributed by atoms with E-state index in [2.05, 4.69) is 9.97 Å². The van der Waals surface area contributed by atoms with Crippen LogP contribution in [-0.4, -0.2) is 23.0 Å². The third-order valence-electron chi connectivity index (χ3n) is 3.26. The number of aryl methyl sites for hydroxylation is 1. The van der Waals surface area contributed by atoms with Crippen molar-refractivity contribution < 1.29 is 9.53 Å². The summed E-state index contributed by atoms with van der Waals surface area (Å²) >= 11 is 7.45. The van der Waals surface area contributed by atoms with Gasteiger partial charge in [0, 0.05) is 17.5 Å². The van der Waals surface area contributed by atoms with Crippen LogP contribution in [0.15, 0.2) is 11.4 Å². The van der Waals surface area contributed by atoms with Gasteiger partial charge in [0.05, 0.1) is 12.8 Å². The molecule has 2 aromatic rings. The highest BCUT2D eigenvalue weighted by atomic mass is 35.5. The number of aromatic nitrogens is 2. The molecule has 3 rings (SSSR count). The highest BCUT2D eigenvalue weighted by Crippen LogP contribution is 2.40. The minimum atomic E-state index is -0.346. The van der Waals surface area contributed by atoms with E-state index in [1.54, 1.807) is 6.07 Å². The molecule has 0 radical (unpaired) electrons. The first-order chi connectivity index (χ1) is 9.60. The molecule has 0 atom stereocenters. The number of nitrogens with zero attached hydrogens (tertiary/aromatic N) is 2. The summed E-state index contributed by atoms with van der Waals surface area (Å²) < 4.78 is 4.83. The summed E-state index contributed by atoms with van der Waals surface area (Å²) in [5.74, 6) is 0.836. The third kappa shape index (κ3) is 2.43. The molecule has 20 heavy (non-hydrogen) atoms. The molecule has 0 aliphatic heterocycles. The molecule has 2 aromatic heterocycles. The fourth-order valence-electron chi connectivity index (χ4n) is 2.09. The Balaban J connectivity index is 2.13. The molecule has 4 nitrogen and oxygen atoms in total. The van der Waals surface area contributed by atoms with Crippen LogP contribution in [0.1, 0.15) is 39.8 Å². The van der Waals surface area contributed by atoms with Gasteiger partial charge in [-0.25, -0.2) is 14.8 Å². The predicted octanol–water partition coefficient (Wildman–Crippen LogP) is 3.83. The molecule has 1 saturated carbocycles. The summed E-state index contributed by atoms with van der Waals surface area (Å²) in [6.45, 7) is 1.95. The number of ether oxygens (including phenoxy) is 1. The smallest absolute Gasteiger partial charge is 0.348 e. The van der Waals surface area contributed by atoms with Gasteiger partial charge in [0.15, 0.2) is 0 Å². The summed E-state index contributed by atoms with van der Waals surface area (Å²) in [4.78, 5) is 21.3. The first kappa shape index (κ1) is 13.5. The fourth-order valence-corrected chi connectivity index (χ4v) is 3.26. The molecule has 1 aliphatic rings. The van der Waals surface area contributed by atoms with Crippen LogP contribution in [0.3, 0.4) is 0 Å². The van der Waals surface area contributed by atoms with Crippen molar-refractivity contribution in [3.8, 4) is 11.3 Å². The lowest BCUT2D eigenvalue weighted by atomic mass is 10.1. The Hall–Kier alpha value is -1.46. The number of esters is 1. The van der Waals surface area contributed by atoms with Crippen LogP contribution < -0.4 is 0 Å². The molecule has 0 N–H and O–H groups in total. The van der Waals surface area contributed by atoms with Crippen molar-refractivity contribution in [2.45, 2.75) is 25.7 Å². The number of carbonyl (C=O) groups is 1. The quantitative estimate of drug-likeness (QED) is 0.638. The zero-order valence-electron chi connectivity index (χ0n) is 11.1. The second kappa shape index (κ2) is 5.14. The summed E-state index contributed by atoms with van der Waals surface area (Å²) in [6, 6.07) is 1.70. The maximum absolute atomic E-state index is 11.8. The standard InChI is InChI=1S/C14H13ClN2O2S/c1-7-6-20-12(14(18)19-2)11(7)9-5-10(15)17-13(16-9)8-3-4-8/h5-6,8H,3-4H2,1-2H3. The largest absolute Gasteiger partial charge is 0.465 e. The average Bonchev–Trinajstić information content (AvgIpc) is 3.20. The fraction of sp³-hybridized carbons (Fsp3) is 0.357. The molecule has 6 heteroatoms. The van der Waals surface area contributed by atoms with E-state index < -0.39 is 0 Å². The van der Waals surface area contributed by atoms with E-state index in [-0.39, 0.29) is 5.97 Å². The molecular weight excluding hydrogens is 296 g/mol. The van der Waals surface area contributed by atoms with E-state index in [0.717, 1.165) is 29.8 Å². The number of thiophene rings is 1. The maximum Gasteiger partial charge on any atom is 0.348 e. The first-order valence-corrected chi connectivity index (χ1v) is 7.57. The second-order valence-corrected chi connectivity index (χ2v) is 6.09. The average molecular weight is 309 g/mol. The molecule has 104 valence electrons. The van der Waals surface area contributed by atoms with Gasteiger partial charge in [-0.3, -0.25) is 0 Å². The number of halogens is 1. The van der Waals surface area contributed by atoms with Gasteiger partial charge in [-0.2, -0.15) is 0 Å². The lowest BCUT2D eigenvalue weighted by molar-refractivity contribution is 0.0607. The zero-order valence-corrected chi connectivity index (χ0v) is 12.7. The Morgan fingerprint density at radius 3 is 2.85 bits per heavy atom. The Morgan fingerprint density at radius 2 is 2.20 bits per heavy atom. The number of methoxy groups -OCH3 is 1. The molecule has 0 amide bonds. The van der Waals surface area contributed by atoms with E-state index in [1.807, 2.05) is 12.3 Å². The molecule has 0 spiro atoms. The number of carbonyl (C=O) groups excluding carboxylic acids is 1. The van der Waals surface area contributed by atoms with E-state index in [9.17, 15) is 4.79 Å². The van der Waals surface area contributed by atoms with Gasteiger partial charge in [-0.05, 0) is 30.7 Å². The third-order valence-corrected chi connectivity index (χ3v) is 4.53. The molecule has 1 fully saturated rings. The Morgan fingerprint density at radius 1 is 1.45 bits per heavy atom. The topological polar surface area (TPSA) is 52.1 Å². The Kier molecular flexibility index (Phi) is 3.48. The Bertz CT molecular complexity index is 680. The molecule has 1 aliphatic carbocycles. The highest BCUT2D eigenvalue weighted by Gasteiger charge is 2.28. The van der Waals surface area contributed by atoms with Crippen LogP contribution in [-0.2, 0) is 4.74 Å². The number of rotatable bonds is 3. The minimum absolute atomic E-state index is 0.346. The molecule has 2 heterocycles. The summed E-state index contributed by atoms with van der Waals surface area (Å²) in [5, 5.41) is 2.34. The van der Waals surface area contributed by atoms with E-state index >= 15 is 0 Å². The van der Waals surface area contributed by atoms with Crippen LogP contribution >= 0.6 is 22.9 Å². The highest BCUT2D eigenvalue weighted by molar-refractivity contribution is 7.12. The normalized spacial score (nSPS) is 14.3. The monoisotopic (exact) mass is 308 g/mol. The SMILES string of the molecule is COC(=O)c1scc(C)c1-c1cc(Cl)nc(C2CC2)n1. The molecule has 0 bridgehead atoms. The van der Waals surface area contributed by atoms with Gasteiger partial charge in [-0.15, -0.1) is 11.3 Å². The van der Waals surface area contributed by atoms with Gasteiger partial charge < -0.3 is 4.74 Å². The predicted molar refractivity (Wildman–Crippen MR) is 78.4 cm³/mol. The van der Waals surface area contributed by atoms with Gasteiger partial charge in [0.2, 0.25) is 0 Å². The van der Waals surface area contributed by atoms with Crippen molar-refractivity contribution >= 4 is 28.9 Å². The molecule has 0 saturated heterocycles. The van der Waals surface area contributed by atoms with Crippen molar-refractivity contribution in [1.82, 2.24) is 9.97 Å². The number of hydrogen-bond acceptors (Lipinski definition) is 5. The van der Waals surface area contributed by atoms with Gasteiger partial charge in [-0.1, -0.05) is 11.6 Å². The van der Waals surface area contributed by atoms with Crippen LogP contribution in [0.4, 0.5) is 0 Å². The van der Waals surface area contributed by atoms with Crippen molar-refractivity contribution in [3.63, 3.8) is 0 Å². The van der Waals surface area contributed by atoms with E-state index in [4.69, 9.17) is 16.3 Å². The van der Waals surface area contributed by atoms with Crippen LogP contribution in [0, 0.1) is 6.92 Å². The van der Waals surface area contributed by atoms with E-state index in [1.165, 1.54) is 18.4 Å². The lowest BCUT2D eigenvalue weighted by Crippen LogP contribution is -2.02. The molecular formula is C14H13ClN2O2S. The molecule has 0 unspecified atom stereocenters. The Labute approximate surface area is 125 Å². The lowest BCUT2D eigenvalue weighted by Gasteiger charge is -2.06. The maximum atomic E-state index is 11.8. The van der Waals surface area contributed by atoms with Gasteiger partial charge >= 0.3 is 5.97 Å². The molecule has 0 aromatic carbocycles. The minimum Gasteiger partial charge on any atom is -0.465 e. The first-order valence-electron chi connectivity index (χ1n) is 6.31. The second-order valence-electron chi connectivity index (χ2n) is 4.82. The van der Waals surface area contributed by atoms with Gasteiger partial charge in [0.25, 0.3) is 0 Å². The number of hydrogen-bond donors (Lipinski definition) is 0. The van der Waals surface area contributed by atoms with Crippen molar-refractivity contribution in [2.75, 3.05) is 7.11 Å². The summed E-state index contributed by atoms with van der Waals surface area (Å²) in [5.41, 5.74) is 2.49. The van der Waals surface area contributed by atoms with E-state index in [0.29, 0.717) is 21.6 Å². The van der Waals surface area contributed by atoms with Crippen LogP contribution in [0.2, 0.25) is 5.15 Å². The van der Waals surface area contributed by atoms with Crippen molar-refractivity contribution in [1.29, 1.82) is 0 Å². The van der Waals surface area contributed by atoms with Gasteiger partial charge in [0.1, 0.15) is 15.9 Å². The van der Waals surface area contributed by atoms with Crippen LogP contribution in [0.25, 0.3) is 11.3 Å². The van der Waals surface area contributed by atoms with Crippen molar-refractivity contribution in [3.05, 3.63) is 32.9 Å².